The van der Waals surface area contributed by atoms with Gasteiger partial charge in [0.25, 0.3) is 0 Å². The van der Waals surface area contributed by atoms with Gasteiger partial charge in [-0.3, -0.25) is 0 Å². The standard InChI is InChI=1S/C16H33OPS2/c1-5-9-13-15(11-7-3)18(17,19,20)16(12-8-4)14-10-6-2/h7-8,15-17,19-20H,3-6,9-14H2,1-2H3. The van der Waals surface area contributed by atoms with Crippen LogP contribution in [0, 0.1) is 0 Å². The Labute approximate surface area is 136 Å². The number of rotatable bonds is 12. The minimum atomic E-state index is -3.32. The van der Waals surface area contributed by atoms with Crippen LogP contribution >= 0.6 is 29.7 Å². The molecule has 120 valence electrons. The third-order valence-electron chi connectivity index (χ3n) is 4.06. The fourth-order valence-corrected chi connectivity index (χ4v) is 8.27. The summed E-state index contributed by atoms with van der Waals surface area (Å²) in [6.45, 7) is 12.0. The molecule has 0 saturated carbocycles. The second kappa shape index (κ2) is 9.56. The molecule has 4 heteroatoms. The van der Waals surface area contributed by atoms with Crippen molar-refractivity contribution in [3.8, 4) is 0 Å². The van der Waals surface area contributed by atoms with E-state index in [4.69, 9.17) is 24.5 Å². The molecule has 0 amide bonds. The summed E-state index contributed by atoms with van der Waals surface area (Å²) in [5, 5.41) is -3.32. The summed E-state index contributed by atoms with van der Waals surface area (Å²) in [4.78, 5) is 11.4. The molecule has 2 unspecified atom stereocenters. The molecule has 1 nitrogen and oxygen atoms in total. The monoisotopic (exact) mass is 336 g/mol. The average molecular weight is 337 g/mol. The van der Waals surface area contributed by atoms with Gasteiger partial charge in [-0.15, -0.1) is 0 Å². The van der Waals surface area contributed by atoms with Crippen molar-refractivity contribution in [3.63, 3.8) is 0 Å². The summed E-state index contributed by atoms with van der Waals surface area (Å²) in [6, 6.07) is 0. The molecule has 0 saturated heterocycles. The van der Waals surface area contributed by atoms with Crippen molar-refractivity contribution in [2.24, 2.45) is 0 Å². The molecule has 1 N–H and O–H groups in total. The summed E-state index contributed by atoms with van der Waals surface area (Å²) < 4.78 is 0. The zero-order valence-electron chi connectivity index (χ0n) is 13.2. The predicted octanol–water partition coefficient (Wildman–Crippen LogP) is 6.41. The van der Waals surface area contributed by atoms with Crippen molar-refractivity contribution in [2.45, 2.75) is 76.5 Å². The second-order valence-corrected chi connectivity index (χ2v) is 15.4. The van der Waals surface area contributed by atoms with Gasteiger partial charge >= 0.3 is 136 Å². The Kier molecular flexibility index (Phi) is 9.83. The van der Waals surface area contributed by atoms with Gasteiger partial charge < -0.3 is 0 Å². The van der Waals surface area contributed by atoms with Crippen molar-refractivity contribution >= 4 is 29.7 Å². The van der Waals surface area contributed by atoms with Crippen LogP contribution in [0.5, 0.6) is 0 Å². The third kappa shape index (κ3) is 6.13. The molecule has 0 aliphatic rings. The maximum atomic E-state index is 11.4. The number of thiol groups is 2. The fraction of sp³-hybridized carbons (Fsp3) is 0.750. The number of hydrogen-bond donors (Lipinski definition) is 3. The van der Waals surface area contributed by atoms with Gasteiger partial charge in [-0.25, -0.2) is 0 Å². The van der Waals surface area contributed by atoms with E-state index in [-0.39, 0.29) is 11.3 Å². The molecular weight excluding hydrogens is 303 g/mol. The molecular formula is C16H33OPS2. The van der Waals surface area contributed by atoms with Crippen LogP contribution in [-0.4, -0.2) is 16.2 Å². The second-order valence-electron chi connectivity index (χ2n) is 5.75. The minimum absolute atomic E-state index is 0.131. The quantitative estimate of drug-likeness (QED) is 0.214. The van der Waals surface area contributed by atoms with Crippen molar-refractivity contribution in [1.29, 1.82) is 0 Å². The van der Waals surface area contributed by atoms with Gasteiger partial charge in [0, 0.05) is 0 Å². The van der Waals surface area contributed by atoms with Crippen LogP contribution < -0.4 is 0 Å². The van der Waals surface area contributed by atoms with Gasteiger partial charge in [-0.05, 0) is 0 Å². The molecule has 0 radical (unpaired) electrons. The molecule has 0 aromatic rings. The Hall–Kier alpha value is 0.570. The van der Waals surface area contributed by atoms with Crippen LogP contribution in [0.4, 0.5) is 0 Å². The molecule has 0 bridgehead atoms. The van der Waals surface area contributed by atoms with Crippen LogP contribution in [0.1, 0.15) is 65.2 Å². The molecule has 0 aliphatic carbocycles. The summed E-state index contributed by atoms with van der Waals surface area (Å²) in [7, 11) is 0. The van der Waals surface area contributed by atoms with E-state index in [2.05, 4.69) is 27.0 Å². The zero-order chi connectivity index (χ0) is 15.7. The van der Waals surface area contributed by atoms with E-state index in [0.29, 0.717) is 0 Å². The van der Waals surface area contributed by atoms with Crippen LogP contribution in [-0.2, 0) is 0 Å². The number of unbranched alkanes of at least 4 members (excludes halogenated alkanes) is 2. The first kappa shape index (κ1) is 20.6. The zero-order valence-corrected chi connectivity index (χ0v) is 15.9. The predicted molar refractivity (Wildman–Crippen MR) is 103 cm³/mol. The Morgan fingerprint density at radius 2 is 1.30 bits per heavy atom. The normalized spacial score (nSPS) is 16.9. The summed E-state index contributed by atoms with van der Waals surface area (Å²) in [6.07, 6.45) is 11.8. The van der Waals surface area contributed by atoms with Gasteiger partial charge in [0.05, 0.1) is 0 Å². The number of hydrogen-bond acceptors (Lipinski definition) is 3. The van der Waals surface area contributed by atoms with Gasteiger partial charge in [0.1, 0.15) is 0 Å². The van der Waals surface area contributed by atoms with E-state index in [1.807, 2.05) is 12.2 Å². The van der Waals surface area contributed by atoms with E-state index in [1.165, 1.54) is 0 Å². The SMILES string of the molecule is C=CCC(CCCC)P(O)(S)(S)C(CC=C)CCCC. The van der Waals surface area contributed by atoms with E-state index in [0.717, 1.165) is 51.4 Å². The first-order valence-corrected chi connectivity index (χ1v) is 12.4. The van der Waals surface area contributed by atoms with Gasteiger partial charge in [-0.1, -0.05) is 0 Å². The molecule has 0 heterocycles. The van der Waals surface area contributed by atoms with Crippen LogP contribution in [0.15, 0.2) is 25.3 Å². The maximum absolute atomic E-state index is 11.4. The van der Waals surface area contributed by atoms with Crippen LogP contribution in [0.25, 0.3) is 0 Å². The molecule has 0 spiro atoms. The molecule has 0 fully saturated rings. The molecule has 2 atom stereocenters. The molecule has 20 heavy (non-hydrogen) atoms. The van der Waals surface area contributed by atoms with Crippen molar-refractivity contribution in [2.75, 3.05) is 0 Å². The average Bonchev–Trinajstić information content (AvgIpc) is 2.38. The van der Waals surface area contributed by atoms with Crippen molar-refractivity contribution in [1.82, 2.24) is 0 Å². The summed E-state index contributed by atoms with van der Waals surface area (Å²) in [5.74, 6) is 0. The van der Waals surface area contributed by atoms with Gasteiger partial charge in [0.15, 0.2) is 0 Å². The first-order valence-electron chi connectivity index (χ1n) is 7.80. The van der Waals surface area contributed by atoms with Gasteiger partial charge in [0.2, 0.25) is 0 Å². The topological polar surface area (TPSA) is 20.2 Å². The Bertz CT molecular complexity index is 271. The van der Waals surface area contributed by atoms with Crippen molar-refractivity contribution < 1.29 is 4.89 Å². The van der Waals surface area contributed by atoms with Crippen LogP contribution in [0.3, 0.4) is 0 Å². The van der Waals surface area contributed by atoms with Crippen LogP contribution in [0.2, 0.25) is 0 Å². The third-order valence-corrected chi connectivity index (χ3v) is 11.7. The molecule has 0 rings (SSSR count). The summed E-state index contributed by atoms with van der Waals surface area (Å²) in [5.41, 5.74) is 0.263. The van der Waals surface area contributed by atoms with Crippen molar-refractivity contribution in [3.05, 3.63) is 25.3 Å². The van der Waals surface area contributed by atoms with E-state index >= 15 is 0 Å². The fourth-order valence-electron chi connectivity index (χ4n) is 2.70. The Balaban J connectivity index is 5.23. The van der Waals surface area contributed by atoms with E-state index in [1.54, 1.807) is 0 Å². The molecule has 0 aromatic carbocycles. The first-order chi connectivity index (χ1) is 9.32. The molecule has 0 aliphatic heterocycles. The molecule has 0 aromatic heterocycles. The van der Waals surface area contributed by atoms with E-state index < -0.39 is 5.23 Å². The summed E-state index contributed by atoms with van der Waals surface area (Å²) >= 11 is 9.60. The van der Waals surface area contributed by atoms with E-state index in [9.17, 15) is 4.89 Å². The number of allylic oxidation sites excluding steroid dienone is 2. The Morgan fingerprint density at radius 3 is 1.55 bits per heavy atom. The van der Waals surface area contributed by atoms with Gasteiger partial charge in [-0.2, -0.15) is 0 Å². The Morgan fingerprint density at radius 1 is 0.950 bits per heavy atom.